The predicted molar refractivity (Wildman–Crippen MR) is 177 cm³/mol. The van der Waals surface area contributed by atoms with Crippen LogP contribution in [-0.2, 0) is 0 Å². The molecule has 0 amide bonds. The second-order valence-corrected chi connectivity index (χ2v) is 20.6. The molecule has 1 fully saturated rings. The topological polar surface area (TPSA) is 18.5 Å². The van der Waals surface area contributed by atoms with Crippen molar-refractivity contribution < 1.29 is 9.47 Å². The fourth-order valence-electron chi connectivity index (χ4n) is 8.29. The van der Waals surface area contributed by atoms with Crippen LogP contribution >= 0.6 is 15.8 Å². The summed E-state index contributed by atoms with van der Waals surface area (Å²) in [5.74, 6) is 3.59. The minimum atomic E-state index is -0.553. The van der Waals surface area contributed by atoms with E-state index >= 15 is 0 Å². The van der Waals surface area contributed by atoms with E-state index in [0.29, 0.717) is 21.6 Å². The lowest BCUT2D eigenvalue weighted by Crippen LogP contribution is -2.39. The molecule has 0 heterocycles. The smallest absolute Gasteiger partial charge is 0.124 e. The van der Waals surface area contributed by atoms with Gasteiger partial charge >= 0.3 is 0 Å². The average molecular weight is 571 g/mol. The van der Waals surface area contributed by atoms with Crippen molar-refractivity contribution in [3.63, 3.8) is 0 Å². The van der Waals surface area contributed by atoms with Crippen molar-refractivity contribution in [2.45, 2.75) is 124 Å². The van der Waals surface area contributed by atoms with E-state index in [4.69, 9.17) is 9.47 Å². The van der Waals surface area contributed by atoms with Crippen LogP contribution in [0.15, 0.2) is 24.3 Å². The molecule has 1 aliphatic rings. The van der Waals surface area contributed by atoms with Crippen LogP contribution in [0.3, 0.4) is 0 Å². The van der Waals surface area contributed by atoms with Gasteiger partial charge in [-0.05, 0) is 139 Å². The van der Waals surface area contributed by atoms with E-state index in [1.807, 2.05) is 0 Å². The van der Waals surface area contributed by atoms with Crippen molar-refractivity contribution in [2.24, 2.45) is 11.8 Å². The molecule has 2 aromatic carbocycles. The van der Waals surface area contributed by atoms with E-state index in [-0.39, 0.29) is 7.92 Å². The summed E-state index contributed by atoms with van der Waals surface area (Å²) in [5, 5.41) is 3.67. The summed E-state index contributed by atoms with van der Waals surface area (Å²) in [6.45, 7) is 28.9. The first-order chi connectivity index (χ1) is 18.1. The van der Waals surface area contributed by atoms with Gasteiger partial charge in [0, 0.05) is 0 Å². The number of ether oxygens (including phenoxy) is 2. The zero-order valence-corrected chi connectivity index (χ0v) is 29.2. The zero-order chi connectivity index (χ0) is 29.4. The van der Waals surface area contributed by atoms with Gasteiger partial charge in [0.1, 0.15) is 11.5 Å². The molecule has 218 valence electrons. The maximum absolute atomic E-state index is 5.80. The minimum Gasteiger partial charge on any atom is -0.496 e. The third-order valence-corrected chi connectivity index (χ3v) is 15.9. The van der Waals surface area contributed by atoms with Crippen molar-refractivity contribution in [3.05, 3.63) is 46.5 Å². The largest absolute Gasteiger partial charge is 0.496 e. The van der Waals surface area contributed by atoms with E-state index in [1.54, 1.807) is 14.2 Å². The van der Waals surface area contributed by atoms with Crippen LogP contribution in [0, 0.1) is 39.5 Å². The molecular formula is C35H56O2P2. The Balaban J connectivity index is 2.27. The molecule has 0 bridgehead atoms. The van der Waals surface area contributed by atoms with E-state index in [9.17, 15) is 0 Å². The molecular weight excluding hydrogens is 514 g/mol. The summed E-state index contributed by atoms with van der Waals surface area (Å²) < 4.78 is 11.6. The maximum atomic E-state index is 5.80. The highest BCUT2D eigenvalue weighted by Gasteiger charge is 2.49. The van der Waals surface area contributed by atoms with Gasteiger partial charge in [-0.25, -0.2) is 0 Å². The van der Waals surface area contributed by atoms with Crippen LogP contribution in [0.5, 0.6) is 11.5 Å². The Bertz CT molecular complexity index is 1020. The van der Waals surface area contributed by atoms with Crippen LogP contribution in [-0.4, -0.2) is 35.8 Å². The first-order valence-corrected chi connectivity index (χ1v) is 17.8. The third-order valence-electron chi connectivity index (χ3n) is 8.94. The molecule has 1 saturated carbocycles. The lowest BCUT2D eigenvalue weighted by atomic mass is 9.91. The second-order valence-electron chi connectivity index (χ2n) is 13.9. The molecule has 0 radical (unpaired) electrons. The van der Waals surface area contributed by atoms with Crippen molar-refractivity contribution in [3.8, 4) is 11.5 Å². The molecule has 39 heavy (non-hydrogen) atoms. The molecule has 2 unspecified atom stereocenters. The highest BCUT2D eigenvalue weighted by atomic mass is 31.1. The first-order valence-electron chi connectivity index (χ1n) is 15.0. The minimum absolute atomic E-state index is 0.207. The van der Waals surface area contributed by atoms with Gasteiger partial charge < -0.3 is 9.47 Å². The second kappa shape index (κ2) is 12.4. The summed E-state index contributed by atoms with van der Waals surface area (Å²) in [6, 6.07) is 9.79. The Morgan fingerprint density at radius 3 is 1.44 bits per heavy atom. The van der Waals surface area contributed by atoms with Gasteiger partial charge in [-0.15, -0.1) is 0 Å². The molecule has 2 nitrogen and oxygen atoms in total. The molecule has 3 rings (SSSR count). The quantitative estimate of drug-likeness (QED) is 0.294. The number of rotatable bonds is 8. The molecule has 0 N–H and O–H groups in total. The molecule has 1 aliphatic carbocycles. The number of methoxy groups -OCH3 is 2. The number of hydrogen-bond donors (Lipinski definition) is 0. The normalized spacial score (nSPS) is 21.1. The molecule has 0 aromatic heterocycles. The highest BCUT2D eigenvalue weighted by molar-refractivity contribution is 7.73. The van der Waals surface area contributed by atoms with Gasteiger partial charge in [0.15, 0.2) is 0 Å². The van der Waals surface area contributed by atoms with Crippen LogP contribution < -0.4 is 20.1 Å². The first kappa shape index (κ1) is 32.4. The Kier molecular flexibility index (Phi) is 10.3. The van der Waals surface area contributed by atoms with Crippen molar-refractivity contribution in [2.75, 3.05) is 14.2 Å². The van der Waals surface area contributed by atoms with Gasteiger partial charge in [0.25, 0.3) is 0 Å². The van der Waals surface area contributed by atoms with Crippen molar-refractivity contribution in [1.29, 1.82) is 0 Å². The monoisotopic (exact) mass is 570 g/mol. The summed E-state index contributed by atoms with van der Waals surface area (Å²) in [6.07, 6.45) is 3.97. The molecule has 4 heteroatoms. The fourth-order valence-corrected chi connectivity index (χ4v) is 17.3. The maximum Gasteiger partial charge on any atom is 0.124 e. The van der Waals surface area contributed by atoms with Crippen LogP contribution in [0.2, 0.25) is 0 Å². The van der Waals surface area contributed by atoms with Crippen molar-refractivity contribution in [1.82, 2.24) is 0 Å². The fraction of sp³-hybridized carbons (Fsp3) is 0.657. The Hall–Kier alpha value is -1.10. The standard InChI is InChI=1S/C35H56O2P2/c1-15-27-16-17-30(31(27)26(6)39(34(7,8)9)35(10,11)12)38(28-18-22(2)32(36-13)23(3)19-28)29-20-24(4)33(37-14)25(5)21-29/h18-21,26-27,30-31H,15-17H2,1-14H3/t26-,27+,30?,31?/m1/s1. The van der Waals surface area contributed by atoms with Crippen LogP contribution in [0.25, 0.3) is 0 Å². The van der Waals surface area contributed by atoms with E-state index < -0.39 is 7.92 Å². The molecule has 0 spiro atoms. The van der Waals surface area contributed by atoms with E-state index in [0.717, 1.165) is 23.3 Å². The summed E-state index contributed by atoms with van der Waals surface area (Å²) in [5.41, 5.74) is 6.40. The van der Waals surface area contributed by atoms with Crippen LogP contribution in [0.1, 0.15) is 96.9 Å². The zero-order valence-electron chi connectivity index (χ0n) is 27.5. The molecule has 0 saturated heterocycles. The molecule has 2 aromatic rings. The number of aryl methyl sites for hydroxylation is 4. The Labute approximate surface area is 243 Å². The van der Waals surface area contributed by atoms with Gasteiger partial charge in [0.05, 0.1) is 14.2 Å². The summed E-state index contributed by atoms with van der Waals surface area (Å²) in [4.78, 5) is 0. The van der Waals surface area contributed by atoms with Gasteiger partial charge in [0.2, 0.25) is 0 Å². The average Bonchev–Trinajstić information content (AvgIpc) is 3.20. The van der Waals surface area contributed by atoms with Gasteiger partial charge in [-0.3, -0.25) is 0 Å². The van der Waals surface area contributed by atoms with Gasteiger partial charge in [-0.1, -0.05) is 69.7 Å². The SMILES string of the molecule is CC[C@H]1CCC(P(c2cc(C)c(OC)c(C)c2)c2cc(C)c(OC)c(C)c2)C1[C@@H](C)P(C(C)(C)C)C(C)(C)C. The van der Waals surface area contributed by atoms with E-state index in [2.05, 4.69) is 107 Å². The van der Waals surface area contributed by atoms with Gasteiger partial charge in [-0.2, -0.15) is 0 Å². The Morgan fingerprint density at radius 2 is 1.13 bits per heavy atom. The summed E-state index contributed by atoms with van der Waals surface area (Å²) in [7, 11) is 2.84. The predicted octanol–water partition coefficient (Wildman–Crippen LogP) is 9.64. The highest BCUT2D eigenvalue weighted by Crippen LogP contribution is 2.68. The van der Waals surface area contributed by atoms with E-state index in [1.165, 1.54) is 52.1 Å². The molecule has 0 aliphatic heterocycles. The number of benzene rings is 2. The van der Waals surface area contributed by atoms with Crippen molar-refractivity contribution >= 4 is 26.5 Å². The molecule has 4 atom stereocenters. The Morgan fingerprint density at radius 1 is 0.744 bits per heavy atom. The summed E-state index contributed by atoms with van der Waals surface area (Å²) >= 11 is 0. The third kappa shape index (κ3) is 6.70. The van der Waals surface area contributed by atoms with Crippen LogP contribution in [0.4, 0.5) is 0 Å². The number of hydrogen-bond acceptors (Lipinski definition) is 2. The lowest BCUT2D eigenvalue weighted by molar-refractivity contribution is 0.371. The lowest BCUT2D eigenvalue weighted by Gasteiger charge is -2.50.